The van der Waals surface area contributed by atoms with Crippen LogP contribution in [-0.4, -0.2) is 55.0 Å². The summed E-state index contributed by atoms with van der Waals surface area (Å²) in [6, 6.07) is 15.6. The lowest BCUT2D eigenvalue weighted by Crippen LogP contribution is -2.48. The van der Waals surface area contributed by atoms with Crippen LogP contribution in [-0.2, 0) is 9.53 Å². The summed E-state index contributed by atoms with van der Waals surface area (Å²) in [5.41, 5.74) is 2.15. The first-order chi connectivity index (χ1) is 15.1. The summed E-state index contributed by atoms with van der Waals surface area (Å²) < 4.78 is 6.31. The van der Waals surface area contributed by atoms with Crippen LogP contribution in [0.25, 0.3) is 0 Å². The monoisotopic (exact) mass is 462 g/mol. The SMILES string of the molecule is CCCCC(=O)N1CCN(CCCOC(c2ccc(Cl)cc2)c2ccc(Cl)cc2)CC1. The summed E-state index contributed by atoms with van der Waals surface area (Å²) >= 11 is 12.1. The minimum absolute atomic E-state index is 0.150. The Morgan fingerprint density at radius 1 is 0.903 bits per heavy atom. The number of hydrogen-bond acceptors (Lipinski definition) is 3. The van der Waals surface area contributed by atoms with E-state index in [4.69, 9.17) is 27.9 Å². The smallest absolute Gasteiger partial charge is 0.222 e. The summed E-state index contributed by atoms with van der Waals surface area (Å²) in [6.45, 7) is 7.31. The Bertz CT molecular complexity index is 758. The van der Waals surface area contributed by atoms with Crippen molar-refractivity contribution in [3.8, 4) is 0 Å². The third kappa shape index (κ3) is 7.50. The van der Waals surface area contributed by atoms with Gasteiger partial charge in [0.2, 0.25) is 5.91 Å². The van der Waals surface area contributed by atoms with E-state index in [-0.39, 0.29) is 6.10 Å². The minimum Gasteiger partial charge on any atom is -0.369 e. The van der Waals surface area contributed by atoms with Crippen LogP contribution in [0.4, 0.5) is 0 Å². The zero-order valence-corrected chi connectivity index (χ0v) is 19.7. The zero-order chi connectivity index (χ0) is 22.1. The Hall–Kier alpha value is -1.59. The van der Waals surface area contributed by atoms with E-state index < -0.39 is 0 Å². The van der Waals surface area contributed by atoms with Crippen LogP contribution < -0.4 is 0 Å². The Kier molecular flexibility index (Phi) is 9.66. The minimum atomic E-state index is -0.150. The highest BCUT2D eigenvalue weighted by Crippen LogP contribution is 2.28. The van der Waals surface area contributed by atoms with Gasteiger partial charge >= 0.3 is 0 Å². The first-order valence-electron chi connectivity index (χ1n) is 11.2. The van der Waals surface area contributed by atoms with E-state index in [1.54, 1.807) is 0 Å². The number of carbonyl (C=O) groups is 1. The molecule has 1 aliphatic heterocycles. The number of carbonyl (C=O) groups excluding carboxylic acids is 1. The van der Waals surface area contributed by atoms with E-state index in [2.05, 4.69) is 11.8 Å². The lowest BCUT2D eigenvalue weighted by atomic mass is 10.0. The molecule has 1 amide bonds. The van der Waals surface area contributed by atoms with Crippen LogP contribution in [0.3, 0.4) is 0 Å². The van der Waals surface area contributed by atoms with Gasteiger partial charge in [-0.05, 0) is 48.2 Å². The molecule has 0 saturated carbocycles. The van der Waals surface area contributed by atoms with Crippen molar-refractivity contribution in [3.63, 3.8) is 0 Å². The number of nitrogens with zero attached hydrogens (tertiary/aromatic N) is 2. The molecule has 0 radical (unpaired) electrons. The molecule has 31 heavy (non-hydrogen) atoms. The molecule has 2 aromatic rings. The van der Waals surface area contributed by atoms with E-state index in [1.165, 1.54) is 0 Å². The van der Waals surface area contributed by atoms with E-state index in [0.29, 0.717) is 29.0 Å². The highest BCUT2D eigenvalue weighted by Gasteiger charge is 2.20. The fraction of sp³-hybridized carbons (Fsp3) is 0.480. The molecule has 6 heteroatoms. The average Bonchev–Trinajstić information content (AvgIpc) is 2.79. The van der Waals surface area contributed by atoms with Gasteiger partial charge in [0.15, 0.2) is 0 Å². The standard InChI is InChI=1S/C25H32Cl2N2O2/c1-2-3-5-24(30)29-17-15-28(16-18-29)14-4-19-31-25(20-6-10-22(26)11-7-20)21-8-12-23(27)13-9-21/h6-13,25H,2-5,14-19H2,1H3. The summed E-state index contributed by atoms with van der Waals surface area (Å²) in [5, 5.41) is 1.43. The number of piperazine rings is 1. The largest absolute Gasteiger partial charge is 0.369 e. The summed E-state index contributed by atoms with van der Waals surface area (Å²) in [5.74, 6) is 0.304. The molecule has 1 saturated heterocycles. The molecular weight excluding hydrogens is 431 g/mol. The molecule has 4 nitrogen and oxygen atoms in total. The number of rotatable bonds is 10. The number of halogens is 2. The van der Waals surface area contributed by atoms with Gasteiger partial charge in [-0.25, -0.2) is 0 Å². The molecule has 0 unspecified atom stereocenters. The first kappa shape index (κ1) is 24.1. The Morgan fingerprint density at radius 2 is 1.45 bits per heavy atom. The molecule has 3 rings (SSSR count). The second kappa shape index (κ2) is 12.4. The molecule has 0 spiro atoms. The fourth-order valence-electron chi connectivity index (χ4n) is 3.86. The van der Waals surface area contributed by atoms with Crippen LogP contribution >= 0.6 is 23.2 Å². The number of unbranched alkanes of at least 4 members (excludes halogenated alkanes) is 1. The van der Waals surface area contributed by atoms with Crippen molar-refractivity contribution in [1.29, 1.82) is 0 Å². The van der Waals surface area contributed by atoms with E-state index >= 15 is 0 Å². The summed E-state index contributed by atoms with van der Waals surface area (Å²) in [7, 11) is 0. The first-order valence-corrected chi connectivity index (χ1v) is 11.9. The van der Waals surface area contributed by atoms with Gasteiger partial charge in [-0.15, -0.1) is 0 Å². The van der Waals surface area contributed by atoms with Gasteiger partial charge in [0.25, 0.3) is 0 Å². The number of ether oxygens (including phenoxy) is 1. The van der Waals surface area contributed by atoms with Gasteiger partial charge in [-0.3, -0.25) is 9.69 Å². The maximum absolute atomic E-state index is 12.2. The Morgan fingerprint density at radius 3 is 1.97 bits per heavy atom. The molecule has 0 aromatic heterocycles. The van der Waals surface area contributed by atoms with Crippen LogP contribution in [0, 0.1) is 0 Å². The van der Waals surface area contributed by atoms with Gasteiger partial charge < -0.3 is 9.64 Å². The highest BCUT2D eigenvalue weighted by molar-refractivity contribution is 6.30. The molecule has 168 valence electrons. The second-order valence-corrected chi connectivity index (χ2v) is 8.91. The topological polar surface area (TPSA) is 32.8 Å². The fourth-order valence-corrected chi connectivity index (χ4v) is 4.11. The van der Waals surface area contributed by atoms with Crippen LogP contribution in [0.1, 0.15) is 49.8 Å². The Labute approximate surface area is 196 Å². The van der Waals surface area contributed by atoms with Gasteiger partial charge in [-0.1, -0.05) is 60.8 Å². The Balaban J connectivity index is 1.47. The van der Waals surface area contributed by atoms with E-state index in [0.717, 1.165) is 63.1 Å². The summed E-state index contributed by atoms with van der Waals surface area (Å²) in [4.78, 5) is 16.6. The molecule has 2 aromatic carbocycles. The van der Waals surface area contributed by atoms with Gasteiger partial charge in [-0.2, -0.15) is 0 Å². The third-order valence-corrected chi connectivity index (χ3v) is 6.22. The van der Waals surface area contributed by atoms with Crippen molar-refractivity contribution >= 4 is 29.1 Å². The molecule has 0 aliphatic carbocycles. The van der Waals surface area contributed by atoms with Gasteiger partial charge in [0.05, 0.1) is 0 Å². The predicted octanol–water partition coefficient (Wildman–Crippen LogP) is 5.82. The van der Waals surface area contributed by atoms with Crippen LogP contribution in [0.2, 0.25) is 10.0 Å². The van der Waals surface area contributed by atoms with Gasteiger partial charge in [0.1, 0.15) is 6.10 Å². The third-order valence-electron chi connectivity index (χ3n) is 5.72. The van der Waals surface area contributed by atoms with Crippen molar-refractivity contribution in [3.05, 3.63) is 69.7 Å². The highest BCUT2D eigenvalue weighted by atomic mass is 35.5. The van der Waals surface area contributed by atoms with Gasteiger partial charge in [0, 0.05) is 55.8 Å². The molecule has 0 N–H and O–H groups in total. The second-order valence-electron chi connectivity index (χ2n) is 8.03. The molecular formula is C25H32Cl2N2O2. The lowest BCUT2D eigenvalue weighted by molar-refractivity contribution is -0.133. The predicted molar refractivity (Wildman–Crippen MR) is 128 cm³/mol. The summed E-state index contributed by atoms with van der Waals surface area (Å²) in [6.07, 6.45) is 3.53. The van der Waals surface area contributed by atoms with Crippen molar-refractivity contribution in [1.82, 2.24) is 9.80 Å². The number of hydrogen-bond donors (Lipinski definition) is 0. The molecule has 1 aliphatic rings. The van der Waals surface area contributed by atoms with Crippen molar-refractivity contribution < 1.29 is 9.53 Å². The van der Waals surface area contributed by atoms with E-state index in [9.17, 15) is 4.79 Å². The number of amides is 1. The quantitative estimate of drug-likeness (QED) is 0.416. The average molecular weight is 463 g/mol. The van der Waals surface area contributed by atoms with E-state index in [1.807, 2.05) is 53.4 Å². The lowest BCUT2D eigenvalue weighted by Gasteiger charge is -2.35. The molecule has 1 heterocycles. The van der Waals surface area contributed by atoms with Crippen molar-refractivity contribution in [2.75, 3.05) is 39.3 Å². The normalized spacial score (nSPS) is 14.9. The number of benzene rings is 2. The van der Waals surface area contributed by atoms with Crippen LogP contribution in [0.5, 0.6) is 0 Å². The molecule has 0 atom stereocenters. The maximum atomic E-state index is 12.2. The molecule has 1 fully saturated rings. The molecule has 0 bridgehead atoms. The van der Waals surface area contributed by atoms with Crippen molar-refractivity contribution in [2.45, 2.75) is 38.7 Å². The van der Waals surface area contributed by atoms with Crippen LogP contribution in [0.15, 0.2) is 48.5 Å². The maximum Gasteiger partial charge on any atom is 0.222 e. The van der Waals surface area contributed by atoms with Crippen molar-refractivity contribution in [2.24, 2.45) is 0 Å². The zero-order valence-electron chi connectivity index (χ0n) is 18.2.